The topological polar surface area (TPSA) is 97.9 Å². The number of allylic oxidation sites excluding steroid dienone is 1. The first-order chi connectivity index (χ1) is 16.7. The van der Waals surface area contributed by atoms with Crippen LogP contribution in [0, 0.1) is 0 Å². The molecule has 186 valence electrons. The molecular weight excluding hydrogens is 490 g/mol. The fraction of sp³-hybridized carbons (Fsp3) is 0.320. The van der Waals surface area contributed by atoms with Crippen LogP contribution in [0.3, 0.4) is 0 Å². The predicted molar refractivity (Wildman–Crippen MR) is 137 cm³/mol. The highest BCUT2D eigenvalue weighted by Crippen LogP contribution is 2.39. The van der Waals surface area contributed by atoms with Gasteiger partial charge in [-0.3, -0.25) is 4.79 Å². The molecule has 0 aromatic heterocycles. The fourth-order valence-electron chi connectivity index (χ4n) is 3.62. The van der Waals surface area contributed by atoms with Crippen LogP contribution in [-0.4, -0.2) is 36.8 Å². The van der Waals surface area contributed by atoms with E-state index in [4.69, 9.17) is 38.0 Å². The Labute approximate surface area is 215 Å². The third-order valence-corrected chi connectivity index (χ3v) is 5.87. The minimum atomic E-state index is -0.864. The average Bonchev–Trinajstić information content (AvgIpc) is 2.83. The van der Waals surface area contributed by atoms with Crippen molar-refractivity contribution in [1.82, 2.24) is 16.0 Å². The molecule has 3 N–H and O–H groups in total. The third kappa shape index (κ3) is 6.43. The summed E-state index contributed by atoms with van der Waals surface area (Å²) in [4.78, 5) is 25.2. The monoisotopic (exact) mass is 517 g/mol. The van der Waals surface area contributed by atoms with Crippen LogP contribution in [0.2, 0.25) is 5.02 Å². The second-order valence-electron chi connectivity index (χ2n) is 7.78. The second-order valence-corrected chi connectivity index (χ2v) is 8.59. The number of amides is 1. The second kappa shape index (κ2) is 11.9. The van der Waals surface area contributed by atoms with E-state index in [9.17, 15) is 9.59 Å². The van der Waals surface area contributed by atoms with Gasteiger partial charge >= 0.3 is 5.97 Å². The normalized spacial score (nSPS) is 16.0. The SMILES string of the molecule is CCOC(=O)[C@@H](C)Oc1cc(Cl)c([C@@H]2NC(=S)NC(C)=C2C(=O)NCc2ccccc2)cc1OC. The molecule has 0 fully saturated rings. The van der Waals surface area contributed by atoms with Crippen LogP contribution < -0.4 is 25.4 Å². The zero-order valence-electron chi connectivity index (χ0n) is 19.9. The average molecular weight is 518 g/mol. The van der Waals surface area contributed by atoms with Gasteiger partial charge in [0.05, 0.1) is 30.4 Å². The molecule has 0 radical (unpaired) electrons. The Kier molecular flexibility index (Phi) is 8.95. The first-order valence-electron chi connectivity index (χ1n) is 11.1. The lowest BCUT2D eigenvalue weighted by molar-refractivity contribution is -0.150. The van der Waals surface area contributed by atoms with Crippen LogP contribution >= 0.6 is 23.8 Å². The summed E-state index contributed by atoms with van der Waals surface area (Å²) in [6.45, 7) is 5.68. The van der Waals surface area contributed by atoms with Crippen molar-refractivity contribution in [3.05, 3.63) is 69.9 Å². The van der Waals surface area contributed by atoms with Gasteiger partial charge in [-0.25, -0.2) is 4.79 Å². The minimum absolute atomic E-state index is 0.242. The van der Waals surface area contributed by atoms with Gasteiger partial charge in [-0.2, -0.15) is 0 Å². The molecule has 1 heterocycles. The molecule has 0 saturated carbocycles. The van der Waals surface area contributed by atoms with Crippen molar-refractivity contribution < 1.29 is 23.8 Å². The zero-order valence-corrected chi connectivity index (χ0v) is 21.5. The molecule has 1 aliphatic heterocycles. The molecule has 0 unspecified atom stereocenters. The van der Waals surface area contributed by atoms with Gasteiger partial charge in [0.25, 0.3) is 5.91 Å². The molecule has 8 nitrogen and oxygen atoms in total. The number of hydrogen-bond acceptors (Lipinski definition) is 6. The van der Waals surface area contributed by atoms with Crippen molar-refractivity contribution in [2.45, 2.75) is 39.5 Å². The molecule has 0 aliphatic carbocycles. The van der Waals surface area contributed by atoms with Crippen LogP contribution in [0.15, 0.2) is 53.7 Å². The van der Waals surface area contributed by atoms with Gasteiger partial charge in [0, 0.05) is 23.9 Å². The van der Waals surface area contributed by atoms with E-state index in [0.29, 0.717) is 39.3 Å². The number of hydrogen-bond donors (Lipinski definition) is 3. The number of carbonyl (C=O) groups excluding carboxylic acids is 2. The molecule has 1 aliphatic rings. The first kappa shape index (κ1) is 26.3. The fourth-order valence-corrected chi connectivity index (χ4v) is 4.16. The van der Waals surface area contributed by atoms with Gasteiger partial charge in [0.15, 0.2) is 22.7 Å². The smallest absolute Gasteiger partial charge is 0.347 e. The van der Waals surface area contributed by atoms with E-state index in [0.717, 1.165) is 5.56 Å². The van der Waals surface area contributed by atoms with Crippen LogP contribution in [0.25, 0.3) is 0 Å². The molecule has 0 spiro atoms. The molecule has 10 heteroatoms. The Morgan fingerprint density at radius 1 is 1.20 bits per heavy atom. The minimum Gasteiger partial charge on any atom is -0.493 e. The maximum absolute atomic E-state index is 13.2. The van der Waals surface area contributed by atoms with E-state index in [2.05, 4.69) is 16.0 Å². The van der Waals surface area contributed by atoms with Crippen molar-refractivity contribution in [2.24, 2.45) is 0 Å². The molecule has 1 amide bonds. The van der Waals surface area contributed by atoms with E-state index in [-0.39, 0.29) is 18.3 Å². The highest BCUT2D eigenvalue weighted by molar-refractivity contribution is 7.80. The van der Waals surface area contributed by atoms with Crippen molar-refractivity contribution in [2.75, 3.05) is 13.7 Å². The summed E-state index contributed by atoms with van der Waals surface area (Å²) in [6, 6.07) is 12.2. The highest BCUT2D eigenvalue weighted by atomic mass is 35.5. The largest absolute Gasteiger partial charge is 0.493 e. The molecule has 2 atom stereocenters. The van der Waals surface area contributed by atoms with Gasteiger partial charge in [-0.1, -0.05) is 41.9 Å². The van der Waals surface area contributed by atoms with Crippen molar-refractivity contribution in [1.29, 1.82) is 0 Å². The lowest BCUT2D eigenvalue weighted by Gasteiger charge is -2.31. The molecule has 35 heavy (non-hydrogen) atoms. The summed E-state index contributed by atoms with van der Waals surface area (Å²) in [7, 11) is 1.48. The maximum Gasteiger partial charge on any atom is 0.347 e. The van der Waals surface area contributed by atoms with E-state index in [1.54, 1.807) is 32.9 Å². The summed E-state index contributed by atoms with van der Waals surface area (Å²) in [5.41, 5.74) is 2.58. The van der Waals surface area contributed by atoms with Gasteiger partial charge < -0.3 is 30.2 Å². The quantitative estimate of drug-likeness (QED) is 0.341. The number of esters is 1. The van der Waals surface area contributed by atoms with Crippen molar-refractivity contribution in [3.8, 4) is 11.5 Å². The zero-order chi connectivity index (χ0) is 25.5. The van der Waals surface area contributed by atoms with Gasteiger partial charge in [-0.05, 0) is 44.6 Å². The van der Waals surface area contributed by atoms with E-state index in [1.807, 2.05) is 30.3 Å². The number of nitrogens with one attached hydrogen (secondary N) is 3. The van der Waals surface area contributed by atoms with Crippen molar-refractivity contribution in [3.63, 3.8) is 0 Å². The van der Waals surface area contributed by atoms with Crippen molar-refractivity contribution >= 4 is 40.8 Å². The van der Waals surface area contributed by atoms with E-state index < -0.39 is 18.1 Å². The van der Waals surface area contributed by atoms with E-state index in [1.165, 1.54) is 7.11 Å². The van der Waals surface area contributed by atoms with Crippen LogP contribution in [-0.2, 0) is 20.9 Å². The first-order valence-corrected chi connectivity index (χ1v) is 11.8. The summed E-state index contributed by atoms with van der Waals surface area (Å²) in [5, 5.41) is 9.75. The van der Waals surface area contributed by atoms with Gasteiger partial charge in [0.2, 0.25) is 0 Å². The molecule has 0 bridgehead atoms. The molecular formula is C25H28ClN3O5S. The molecule has 0 saturated heterocycles. The highest BCUT2D eigenvalue weighted by Gasteiger charge is 2.32. The number of rotatable bonds is 9. The lowest BCUT2D eigenvalue weighted by Crippen LogP contribution is -2.46. The molecule has 2 aromatic carbocycles. The third-order valence-electron chi connectivity index (χ3n) is 5.33. The Hall–Kier alpha value is -3.30. The standard InChI is InChI=1S/C25H28ClN3O5S/c1-5-33-24(31)15(3)34-20-12-18(26)17(11-19(20)32-4)22-21(14(2)28-25(35)29-22)23(30)27-13-16-9-7-6-8-10-16/h6-12,15,22H,5,13H2,1-4H3,(H,27,30)(H2,28,29,35)/t15-,22+/m1/s1. The summed E-state index contributed by atoms with van der Waals surface area (Å²) in [5.74, 6) is -0.163. The number of halogens is 1. The summed E-state index contributed by atoms with van der Waals surface area (Å²) in [6.07, 6.45) is -0.864. The van der Waals surface area contributed by atoms with Gasteiger partial charge in [0.1, 0.15) is 0 Å². The maximum atomic E-state index is 13.2. The van der Waals surface area contributed by atoms with Crippen LogP contribution in [0.1, 0.15) is 37.9 Å². The predicted octanol–water partition coefficient (Wildman–Crippen LogP) is 3.79. The molecule has 3 rings (SSSR count). The Morgan fingerprint density at radius 2 is 1.91 bits per heavy atom. The van der Waals surface area contributed by atoms with Gasteiger partial charge in [-0.15, -0.1) is 0 Å². The molecule has 2 aromatic rings. The summed E-state index contributed by atoms with van der Waals surface area (Å²) < 4.78 is 16.2. The number of ether oxygens (including phenoxy) is 3. The van der Waals surface area contributed by atoms with E-state index >= 15 is 0 Å². The number of carbonyl (C=O) groups is 2. The number of methoxy groups -OCH3 is 1. The number of thiocarbonyl (C=S) groups is 1. The number of benzene rings is 2. The summed E-state index contributed by atoms with van der Waals surface area (Å²) >= 11 is 12.0. The van der Waals surface area contributed by atoms with Crippen LogP contribution in [0.5, 0.6) is 11.5 Å². The Morgan fingerprint density at radius 3 is 2.57 bits per heavy atom. The van der Waals surface area contributed by atoms with Crippen LogP contribution in [0.4, 0.5) is 0 Å². The lowest BCUT2D eigenvalue weighted by atomic mass is 9.94. The Balaban J connectivity index is 1.91. The Bertz CT molecular complexity index is 1140.